The molecule has 108 valence electrons. The van der Waals surface area contributed by atoms with Crippen molar-refractivity contribution in [2.24, 2.45) is 5.84 Å². The Morgan fingerprint density at radius 2 is 1.95 bits per heavy atom. The van der Waals surface area contributed by atoms with E-state index in [0.717, 1.165) is 16.9 Å². The molecule has 3 rings (SSSR count). The summed E-state index contributed by atoms with van der Waals surface area (Å²) < 4.78 is 1.22. The number of benzene rings is 2. The fourth-order valence-corrected chi connectivity index (χ4v) is 4.07. The Labute approximate surface area is 132 Å². The fraction of sp³-hybridized carbons (Fsp3) is 0.188. The molecular formula is C16H17N3S2. The van der Waals surface area contributed by atoms with Gasteiger partial charge in [0.25, 0.3) is 0 Å². The molecule has 3 N–H and O–H groups in total. The third-order valence-electron chi connectivity index (χ3n) is 3.43. The molecule has 0 saturated carbocycles. The number of fused-ring (bicyclic) bond motifs is 1. The second-order valence-corrected chi connectivity index (χ2v) is 6.70. The van der Waals surface area contributed by atoms with Crippen LogP contribution in [0, 0.1) is 0 Å². The molecule has 5 heteroatoms. The first-order valence-corrected chi connectivity index (χ1v) is 8.79. The Balaban J connectivity index is 1.90. The van der Waals surface area contributed by atoms with Gasteiger partial charge in [-0.1, -0.05) is 30.3 Å². The summed E-state index contributed by atoms with van der Waals surface area (Å²) in [4.78, 5) is 5.95. The van der Waals surface area contributed by atoms with Crippen LogP contribution in [-0.2, 0) is 6.42 Å². The molecular weight excluding hydrogens is 298 g/mol. The number of thiazole rings is 1. The third kappa shape index (κ3) is 3.11. The van der Waals surface area contributed by atoms with Crippen molar-refractivity contribution in [3.05, 3.63) is 59.1 Å². The molecule has 3 aromatic rings. The second-order valence-electron chi connectivity index (χ2n) is 4.74. The van der Waals surface area contributed by atoms with E-state index in [1.807, 2.05) is 12.1 Å². The minimum atomic E-state index is 0.0780. The Hall–Kier alpha value is -1.40. The quantitative estimate of drug-likeness (QED) is 0.427. The van der Waals surface area contributed by atoms with E-state index >= 15 is 0 Å². The number of para-hydroxylation sites is 1. The van der Waals surface area contributed by atoms with Gasteiger partial charge in [0.2, 0.25) is 0 Å². The van der Waals surface area contributed by atoms with E-state index in [9.17, 15) is 0 Å². The molecule has 0 bridgehead atoms. The van der Waals surface area contributed by atoms with Crippen molar-refractivity contribution in [1.82, 2.24) is 10.4 Å². The lowest BCUT2D eigenvalue weighted by Crippen LogP contribution is -2.29. The summed E-state index contributed by atoms with van der Waals surface area (Å²) in [5.41, 5.74) is 5.23. The highest BCUT2D eigenvalue weighted by Crippen LogP contribution is 2.30. The van der Waals surface area contributed by atoms with Crippen LogP contribution in [0.3, 0.4) is 0 Å². The number of nitrogens with one attached hydrogen (secondary N) is 1. The van der Waals surface area contributed by atoms with Crippen LogP contribution in [0.25, 0.3) is 10.2 Å². The normalized spacial score (nSPS) is 12.7. The molecule has 0 saturated heterocycles. The van der Waals surface area contributed by atoms with Gasteiger partial charge < -0.3 is 0 Å². The highest BCUT2D eigenvalue weighted by atomic mass is 32.2. The van der Waals surface area contributed by atoms with E-state index in [1.165, 1.54) is 15.2 Å². The molecule has 21 heavy (non-hydrogen) atoms. The van der Waals surface area contributed by atoms with Gasteiger partial charge in [-0.25, -0.2) is 4.98 Å². The first-order chi connectivity index (χ1) is 10.3. The smallest absolute Gasteiger partial charge is 0.0958 e. The van der Waals surface area contributed by atoms with Crippen LogP contribution in [-0.4, -0.2) is 11.2 Å². The lowest BCUT2D eigenvalue weighted by molar-refractivity contribution is 0.543. The minimum Gasteiger partial charge on any atom is -0.271 e. The Kier molecular flexibility index (Phi) is 4.55. The van der Waals surface area contributed by atoms with Crippen LogP contribution < -0.4 is 11.3 Å². The molecule has 0 aliphatic carbocycles. The van der Waals surface area contributed by atoms with Crippen molar-refractivity contribution in [3.8, 4) is 0 Å². The summed E-state index contributed by atoms with van der Waals surface area (Å²) in [6.45, 7) is 0. The molecule has 3 nitrogen and oxygen atoms in total. The van der Waals surface area contributed by atoms with Crippen molar-refractivity contribution in [2.75, 3.05) is 6.26 Å². The predicted octanol–water partition coefficient (Wildman–Crippen LogP) is 3.77. The first-order valence-electron chi connectivity index (χ1n) is 6.75. The molecule has 0 aliphatic heterocycles. The largest absolute Gasteiger partial charge is 0.271 e. The van der Waals surface area contributed by atoms with Crippen LogP contribution in [0.2, 0.25) is 0 Å². The van der Waals surface area contributed by atoms with Crippen molar-refractivity contribution in [2.45, 2.75) is 17.4 Å². The van der Waals surface area contributed by atoms with E-state index in [0.29, 0.717) is 0 Å². The van der Waals surface area contributed by atoms with Gasteiger partial charge in [-0.2, -0.15) is 0 Å². The van der Waals surface area contributed by atoms with Gasteiger partial charge in [-0.05, 0) is 30.0 Å². The van der Waals surface area contributed by atoms with E-state index < -0.39 is 0 Å². The molecule has 1 aromatic heterocycles. The van der Waals surface area contributed by atoms with Crippen LogP contribution in [0.15, 0.2) is 53.4 Å². The lowest BCUT2D eigenvalue weighted by Gasteiger charge is -2.17. The zero-order chi connectivity index (χ0) is 14.7. The number of hydrogen-bond acceptors (Lipinski definition) is 5. The predicted molar refractivity (Wildman–Crippen MR) is 91.6 cm³/mol. The zero-order valence-corrected chi connectivity index (χ0v) is 13.4. The molecule has 0 fully saturated rings. The van der Waals surface area contributed by atoms with E-state index in [1.54, 1.807) is 23.1 Å². The SMILES string of the molecule is CSc1ccccc1C(Cc1nc2ccccc2s1)NN. The Morgan fingerprint density at radius 1 is 1.19 bits per heavy atom. The average Bonchev–Trinajstić information content (AvgIpc) is 2.95. The van der Waals surface area contributed by atoms with E-state index in [-0.39, 0.29) is 6.04 Å². The zero-order valence-electron chi connectivity index (χ0n) is 11.7. The summed E-state index contributed by atoms with van der Waals surface area (Å²) in [6, 6.07) is 16.7. The van der Waals surface area contributed by atoms with Gasteiger partial charge in [0, 0.05) is 11.3 Å². The number of rotatable bonds is 5. The van der Waals surface area contributed by atoms with Gasteiger partial charge in [0.05, 0.1) is 21.3 Å². The standard InChI is InChI=1S/C16H17N3S2/c1-20-14-8-4-2-6-11(14)13(19-17)10-16-18-12-7-3-5-9-15(12)21-16/h2-9,13,19H,10,17H2,1H3. The summed E-state index contributed by atoms with van der Waals surface area (Å²) in [5.74, 6) is 5.79. The van der Waals surface area contributed by atoms with Crippen LogP contribution in [0.1, 0.15) is 16.6 Å². The van der Waals surface area contributed by atoms with E-state index in [4.69, 9.17) is 10.8 Å². The highest BCUT2D eigenvalue weighted by Gasteiger charge is 2.16. The van der Waals surface area contributed by atoms with Gasteiger partial charge >= 0.3 is 0 Å². The maximum atomic E-state index is 5.79. The Morgan fingerprint density at radius 3 is 2.71 bits per heavy atom. The molecule has 0 radical (unpaired) electrons. The number of hydrogen-bond donors (Lipinski definition) is 2. The fourth-order valence-electron chi connectivity index (χ4n) is 2.39. The van der Waals surface area contributed by atoms with Crippen molar-refractivity contribution >= 4 is 33.3 Å². The van der Waals surface area contributed by atoms with Crippen molar-refractivity contribution in [3.63, 3.8) is 0 Å². The summed E-state index contributed by atoms with van der Waals surface area (Å²) in [5, 5.41) is 1.11. The highest BCUT2D eigenvalue weighted by molar-refractivity contribution is 7.98. The van der Waals surface area contributed by atoms with Crippen LogP contribution in [0.4, 0.5) is 0 Å². The monoisotopic (exact) mass is 315 g/mol. The van der Waals surface area contributed by atoms with Crippen molar-refractivity contribution in [1.29, 1.82) is 0 Å². The van der Waals surface area contributed by atoms with Gasteiger partial charge in [0.1, 0.15) is 0 Å². The maximum Gasteiger partial charge on any atom is 0.0958 e. The van der Waals surface area contributed by atoms with Crippen LogP contribution in [0.5, 0.6) is 0 Å². The molecule has 0 amide bonds. The summed E-state index contributed by atoms with van der Waals surface area (Å²) in [6.07, 6.45) is 2.89. The summed E-state index contributed by atoms with van der Waals surface area (Å²) in [7, 11) is 0. The Bertz CT molecular complexity index is 706. The second kappa shape index (κ2) is 6.58. The van der Waals surface area contributed by atoms with Gasteiger partial charge in [-0.15, -0.1) is 23.1 Å². The van der Waals surface area contributed by atoms with Gasteiger partial charge in [-0.3, -0.25) is 11.3 Å². The topological polar surface area (TPSA) is 50.9 Å². The number of nitrogens with zero attached hydrogens (tertiary/aromatic N) is 1. The van der Waals surface area contributed by atoms with Crippen LogP contribution >= 0.6 is 23.1 Å². The molecule has 0 spiro atoms. The minimum absolute atomic E-state index is 0.0780. The first kappa shape index (κ1) is 14.5. The summed E-state index contributed by atoms with van der Waals surface area (Å²) >= 11 is 3.48. The van der Waals surface area contributed by atoms with Gasteiger partial charge in [0.15, 0.2) is 0 Å². The number of nitrogens with two attached hydrogens (primary N) is 1. The number of hydrazine groups is 1. The maximum absolute atomic E-state index is 5.79. The van der Waals surface area contributed by atoms with E-state index in [2.05, 4.69) is 48.1 Å². The lowest BCUT2D eigenvalue weighted by atomic mass is 10.0. The average molecular weight is 315 g/mol. The number of aromatic nitrogens is 1. The molecule has 1 heterocycles. The number of thioether (sulfide) groups is 1. The third-order valence-corrected chi connectivity index (χ3v) is 5.30. The molecule has 1 unspecified atom stereocenters. The molecule has 0 aliphatic rings. The van der Waals surface area contributed by atoms with Crippen molar-refractivity contribution < 1.29 is 0 Å². The molecule has 2 aromatic carbocycles. The molecule has 1 atom stereocenters.